The van der Waals surface area contributed by atoms with E-state index < -0.39 is 0 Å². The van der Waals surface area contributed by atoms with Crippen LogP contribution in [-0.2, 0) is 20.7 Å². The predicted octanol–water partition coefficient (Wildman–Crippen LogP) is 2.51. The van der Waals surface area contributed by atoms with Crippen LogP contribution in [0.5, 0.6) is 11.5 Å². The second-order valence-corrected chi connectivity index (χ2v) is 7.35. The van der Waals surface area contributed by atoms with Crippen molar-refractivity contribution in [1.29, 1.82) is 0 Å². The highest BCUT2D eigenvalue weighted by molar-refractivity contribution is 5.99. The van der Waals surface area contributed by atoms with Gasteiger partial charge in [0.25, 0.3) is 0 Å². The van der Waals surface area contributed by atoms with Crippen molar-refractivity contribution in [2.45, 2.75) is 12.8 Å². The van der Waals surface area contributed by atoms with E-state index >= 15 is 0 Å². The van der Waals surface area contributed by atoms with Gasteiger partial charge in [-0.3, -0.25) is 9.59 Å². The third kappa shape index (κ3) is 5.80. The SMILES string of the molecule is C#Cc1cccc(N(CC(=O)N2CCOCC2)C(=O)CCc2cc(OC)ccc2OC)c1. The number of amides is 2. The van der Waals surface area contributed by atoms with Crippen LogP contribution < -0.4 is 14.4 Å². The van der Waals surface area contributed by atoms with Crippen LogP contribution in [-0.4, -0.2) is 63.8 Å². The molecule has 0 spiro atoms. The minimum absolute atomic E-state index is 0.0535. The molecule has 0 atom stereocenters. The fourth-order valence-electron chi connectivity index (χ4n) is 3.59. The van der Waals surface area contributed by atoms with Gasteiger partial charge in [-0.15, -0.1) is 6.42 Å². The van der Waals surface area contributed by atoms with E-state index in [0.29, 0.717) is 55.5 Å². The molecule has 0 radical (unpaired) electrons. The van der Waals surface area contributed by atoms with Crippen LogP contribution in [0.4, 0.5) is 5.69 Å². The highest BCUT2D eigenvalue weighted by Crippen LogP contribution is 2.26. The molecule has 2 aromatic rings. The maximum Gasteiger partial charge on any atom is 0.242 e. The first kappa shape index (κ1) is 23.2. The summed E-state index contributed by atoms with van der Waals surface area (Å²) in [6, 6.07) is 12.6. The van der Waals surface area contributed by atoms with Crippen LogP contribution in [0.15, 0.2) is 42.5 Å². The van der Waals surface area contributed by atoms with E-state index in [0.717, 1.165) is 5.56 Å². The molecule has 0 unspecified atom stereocenters. The van der Waals surface area contributed by atoms with Crippen molar-refractivity contribution in [1.82, 2.24) is 4.90 Å². The number of morpholine rings is 1. The normalized spacial score (nSPS) is 13.2. The van der Waals surface area contributed by atoms with Crippen molar-refractivity contribution >= 4 is 17.5 Å². The second kappa shape index (κ2) is 11.2. The number of aryl methyl sites for hydroxylation is 1. The Bertz CT molecular complexity index is 992. The molecule has 3 rings (SSSR count). The monoisotopic (exact) mass is 436 g/mol. The second-order valence-electron chi connectivity index (χ2n) is 7.35. The van der Waals surface area contributed by atoms with Crippen LogP contribution >= 0.6 is 0 Å². The molecule has 1 aliphatic rings. The summed E-state index contributed by atoms with van der Waals surface area (Å²) in [7, 11) is 3.18. The maximum absolute atomic E-state index is 13.3. The molecule has 1 heterocycles. The molecular formula is C25H28N2O5. The molecular weight excluding hydrogens is 408 g/mol. The quantitative estimate of drug-likeness (QED) is 0.595. The van der Waals surface area contributed by atoms with Gasteiger partial charge in [0.1, 0.15) is 18.0 Å². The fraction of sp³-hybridized carbons (Fsp3) is 0.360. The Kier molecular flexibility index (Phi) is 8.12. The molecule has 7 nitrogen and oxygen atoms in total. The van der Waals surface area contributed by atoms with Gasteiger partial charge in [0.2, 0.25) is 11.8 Å². The van der Waals surface area contributed by atoms with Crippen LogP contribution in [0, 0.1) is 12.3 Å². The summed E-state index contributed by atoms with van der Waals surface area (Å²) < 4.78 is 16.0. The van der Waals surface area contributed by atoms with E-state index in [-0.39, 0.29) is 24.8 Å². The smallest absolute Gasteiger partial charge is 0.242 e. The Morgan fingerprint density at radius 3 is 2.59 bits per heavy atom. The maximum atomic E-state index is 13.3. The molecule has 0 bridgehead atoms. The van der Waals surface area contributed by atoms with E-state index in [1.165, 1.54) is 4.90 Å². The van der Waals surface area contributed by atoms with Gasteiger partial charge in [0, 0.05) is 30.8 Å². The van der Waals surface area contributed by atoms with Gasteiger partial charge in [-0.25, -0.2) is 0 Å². The summed E-state index contributed by atoms with van der Waals surface area (Å²) in [5.41, 5.74) is 2.11. The minimum Gasteiger partial charge on any atom is -0.497 e. The van der Waals surface area contributed by atoms with Gasteiger partial charge < -0.3 is 24.0 Å². The number of ether oxygens (including phenoxy) is 3. The zero-order valence-electron chi connectivity index (χ0n) is 18.5. The average Bonchev–Trinajstić information content (AvgIpc) is 2.85. The topological polar surface area (TPSA) is 68.3 Å². The predicted molar refractivity (Wildman–Crippen MR) is 122 cm³/mol. The lowest BCUT2D eigenvalue weighted by Crippen LogP contribution is -2.47. The molecule has 1 aliphatic heterocycles. The van der Waals surface area contributed by atoms with E-state index in [1.54, 1.807) is 43.4 Å². The molecule has 0 aliphatic carbocycles. The molecule has 32 heavy (non-hydrogen) atoms. The number of carbonyl (C=O) groups is 2. The highest BCUT2D eigenvalue weighted by Gasteiger charge is 2.24. The largest absolute Gasteiger partial charge is 0.497 e. The summed E-state index contributed by atoms with van der Waals surface area (Å²) in [6.45, 7) is 1.99. The first-order chi connectivity index (χ1) is 15.5. The Morgan fingerprint density at radius 1 is 1.12 bits per heavy atom. The molecule has 0 aromatic heterocycles. The summed E-state index contributed by atoms with van der Waals surface area (Å²) in [5.74, 6) is 3.66. The minimum atomic E-state index is -0.175. The van der Waals surface area contributed by atoms with Crippen molar-refractivity contribution < 1.29 is 23.8 Å². The van der Waals surface area contributed by atoms with Crippen molar-refractivity contribution in [2.75, 3.05) is 52.0 Å². The van der Waals surface area contributed by atoms with Crippen LogP contribution in [0.1, 0.15) is 17.5 Å². The zero-order valence-corrected chi connectivity index (χ0v) is 18.5. The summed E-state index contributed by atoms with van der Waals surface area (Å²) in [5, 5.41) is 0. The van der Waals surface area contributed by atoms with E-state index in [9.17, 15) is 9.59 Å². The molecule has 7 heteroatoms. The Hall–Kier alpha value is -3.50. The first-order valence-electron chi connectivity index (χ1n) is 10.5. The number of carbonyl (C=O) groups excluding carboxylic acids is 2. The van der Waals surface area contributed by atoms with Crippen molar-refractivity contribution in [2.24, 2.45) is 0 Å². The van der Waals surface area contributed by atoms with E-state index in [1.807, 2.05) is 18.2 Å². The molecule has 168 valence electrons. The fourth-order valence-corrected chi connectivity index (χ4v) is 3.59. The van der Waals surface area contributed by atoms with E-state index in [2.05, 4.69) is 5.92 Å². The zero-order chi connectivity index (χ0) is 22.9. The average molecular weight is 437 g/mol. The standard InChI is InChI=1S/C25H28N2O5/c1-4-19-6-5-7-21(16-19)27(18-25(29)26-12-14-32-15-13-26)24(28)11-8-20-17-22(30-2)9-10-23(20)31-3/h1,5-7,9-10,16-17H,8,11-15,18H2,2-3H3. The number of hydrogen-bond acceptors (Lipinski definition) is 5. The molecule has 2 amide bonds. The van der Waals surface area contributed by atoms with Gasteiger partial charge in [-0.2, -0.15) is 0 Å². The number of anilines is 1. The third-order valence-electron chi connectivity index (χ3n) is 5.38. The molecule has 2 aromatic carbocycles. The van der Waals surface area contributed by atoms with Crippen molar-refractivity contribution in [3.63, 3.8) is 0 Å². The number of hydrogen-bond donors (Lipinski definition) is 0. The van der Waals surface area contributed by atoms with Gasteiger partial charge in [0.05, 0.1) is 27.4 Å². The first-order valence-corrected chi connectivity index (χ1v) is 10.5. The molecule has 0 N–H and O–H groups in total. The van der Waals surface area contributed by atoms with Crippen LogP contribution in [0.3, 0.4) is 0 Å². The lowest BCUT2D eigenvalue weighted by Gasteiger charge is -2.30. The molecule has 1 fully saturated rings. The molecule has 0 saturated carbocycles. The number of terminal acetylenes is 1. The van der Waals surface area contributed by atoms with Crippen LogP contribution in [0.2, 0.25) is 0 Å². The number of methoxy groups -OCH3 is 2. The summed E-state index contributed by atoms with van der Waals surface area (Å²) in [6.07, 6.45) is 6.17. The highest BCUT2D eigenvalue weighted by atomic mass is 16.5. The summed E-state index contributed by atoms with van der Waals surface area (Å²) >= 11 is 0. The van der Waals surface area contributed by atoms with E-state index in [4.69, 9.17) is 20.6 Å². The van der Waals surface area contributed by atoms with Gasteiger partial charge in [-0.05, 0) is 48.4 Å². The molecule has 1 saturated heterocycles. The number of rotatable bonds is 8. The Morgan fingerprint density at radius 2 is 1.91 bits per heavy atom. The van der Waals surface area contributed by atoms with Crippen LogP contribution in [0.25, 0.3) is 0 Å². The van der Waals surface area contributed by atoms with Gasteiger partial charge in [0.15, 0.2) is 0 Å². The Labute approximate surface area is 188 Å². The Balaban J connectivity index is 1.80. The number of benzene rings is 2. The lowest BCUT2D eigenvalue weighted by atomic mass is 10.1. The van der Waals surface area contributed by atoms with Gasteiger partial charge in [-0.1, -0.05) is 12.0 Å². The summed E-state index contributed by atoms with van der Waals surface area (Å²) in [4.78, 5) is 29.4. The van der Waals surface area contributed by atoms with Crippen molar-refractivity contribution in [3.8, 4) is 23.8 Å². The van der Waals surface area contributed by atoms with Gasteiger partial charge >= 0.3 is 0 Å². The lowest BCUT2D eigenvalue weighted by molar-refractivity contribution is -0.135. The van der Waals surface area contributed by atoms with Crippen molar-refractivity contribution in [3.05, 3.63) is 53.6 Å². The number of nitrogens with zero attached hydrogens (tertiary/aromatic N) is 2. The third-order valence-corrected chi connectivity index (χ3v) is 5.38.